The molecule has 128 valence electrons. The second-order valence-corrected chi connectivity index (χ2v) is 7.65. The van der Waals surface area contributed by atoms with Gasteiger partial charge in [-0.1, -0.05) is 15.9 Å². The molecule has 1 aromatic rings. The van der Waals surface area contributed by atoms with E-state index < -0.39 is 0 Å². The number of nitrogens with one attached hydrogen (secondary N) is 2. The van der Waals surface area contributed by atoms with E-state index in [-0.39, 0.29) is 18.1 Å². The molecule has 0 aliphatic heterocycles. The van der Waals surface area contributed by atoms with Crippen LogP contribution in [0.4, 0.5) is 0 Å². The van der Waals surface area contributed by atoms with Crippen LogP contribution in [0.3, 0.4) is 0 Å². The van der Waals surface area contributed by atoms with E-state index in [1.165, 1.54) is 12.8 Å². The average molecular weight is 385 g/mol. The smallest absolute Gasteiger partial charge is 0.258 e. The van der Waals surface area contributed by atoms with Crippen LogP contribution in [0.2, 0.25) is 0 Å². The molecule has 23 heavy (non-hydrogen) atoms. The standard InChI is InChI=1S/C17H25BrN2O3/c1-17(2,3)20-15(21)10-23-16-12(9-19-11-5-6-11)13(18)7-8-14(16)22-4/h7-8,11,19H,5-6,9-10H2,1-4H3,(H,20,21). The van der Waals surface area contributed by atoms with Gasteiger partial charge in [0.1, 0.15) is 0 Å². The lowest BCUT2D eigenvalue weighted by atomic mass is 10.1. The van der Waals surface area contributed by atoms with Crippen LogP contribution >= 0.6 is 15.9 Å². The Hall–Kier alpha value is -1.27. The number of carbonyl (C=O) groups excluding carboxylic acids is 1. The number of carbonyl (C=O) groups is 1. The van der Waals surface area contributed by atoms with Crippen molar-refractivity contribution in [3.63, 3.8) is 0 Å². The molecule has 0 spiro atoms. The van der Waals surface area contributed by atoms with E-state index in [0.29, 0.717) is 24.1 Å². The van der Waals surface area contributed by atoms with Crippen LogP contribution in [0, 0.1) is 0 Å². The first-order valence-electron chi connectivity index (χ1n) is 7.82. The van der Waals surface area contributed by atoms with Gasteiger partial charge >= 0.3 is 0 Å². The van der Waals surface area contributed by atoms with Crippen LogP contribution in [-0.2, 0) is 11.3 Å². The Bertz CT molecular complexity index is 566. The Labute approximate surface area is 146 Å². The number of rotatable bonds is 7. The average Bonchev–Trinajstić information content (AvgIpc) is 3.26. The molecule has 5 nitrogen and oxygen atoms in total. The predicted octanol–water partition coefficient (Wildman–Crippen LogP) is 3.00. The van der Waals surface area contributed by atoms with Gasteiger partial charge in [-0.15, -0.1) is 0 Å². The van der Waals surface area contributed by atoms with Crippen molar-refractivity contribution >= 4 is 21.8 Å². The maximum atomic E-state index is 12.0. The van der Waals surface area contributed by atoms with Crippen LogP contribution in [-0.4, -0.2) is 31.2 Å². The van der Waals surface area contributed by atoms with Gasteiger partial charge in [0.15, 0.2) is 18.1 Å². The van der Waals surface area contributed by atoms with Crippen molar-refractivity contribution in [3.8, 4) is 11.5 Å². The molecule has 0 unspecified atom stereocenters. The van der Waals surface area contributed by atoms with Crippen molar-refractivity contribution < 1.29 is 14.3 Å². The normalized spacial score (nSPS) is 14.5. The minimum absolute atomic E-state index is 0.0412. The summed E-state index contributed by atoms with van der Waals surface area (Å²) in [4.78, 5) is 12.0. The van der Waals surface area contributed by atoms with Gasteiger partial charge in [0.05, 0.1) is 7.11 Å². The van der Waals surface area contributed by atoms with Crippen LogP contribution in [0.5, 0.6) is 11.5 Å². The highest BCUT2D eigenvalue weighted by Crippen LogP contribution is 2.36. The van der Waals surface area contributed by atoms with Gasteiger partial charge in [0.25, 0.3) is 5.91 Å². The van der Waals surface area contributed by atoms with Crippen molar-refractivity contribution in [1.82, 2.24) is 10.6 Å². The van der Waals surface area contributed by atoms with E-state index in [2.05, 4.69) is 26.6 Å². The molecule has 1 saturated carbocycles. The molecule has 1 aliphatic rings. The highest BCUT2D eigenvalue weighted by atomic mass is 79.9. The minimum Gasteiger partial charge on any atom is -0.493 e. The first-order valence-corrected chi connectivity index (χ1v) is 8.62. The van der Waals surface area contributed by atoms with Gasteiger partial charge in [-0.2, -0.15) is 0 Å². The maximum Gasteiger partial charge on any atom is 0.258 e. The molecule has 0 atom stereocenters. The fourth-order valence-corrected chi connectivity index (χ4v) is 2.64. The van der Waals surface area contributed by atoms with Gasteiger partial charge in [0.2, 0.25) is 0 Å². The topological polar surface area (TPSA) is 59.6 Å². The zero-order chi connectivity index (χ0) is 17.0. The van der Waals surface area contributed by atoms with Crippen molar-refractivity contribution in [3.05, 3.63) is 22.2 Å². The predicted molar refractivity (Wildman–Crippen MR) is 93.9 cm³/mol. The summed E-state index contributed by atoms with van der Waals surface area (Å²) in [7, 11) is 1.60. The third kappa shape index (κ3) is 5.70. The number of benzene rings is 1. The van der Waals surface area contributed by atoms with Gasteiger partial charge in [-0.3, -0.25) is 4.79 Å². The maximum absolute atomic E-state index is 12.0. The molecule has 6 heteroatoms. The fourth-order valence-electron chi connectivity index (χ4n) is 2.19. The molecule has 2 rings (SSSR count). The zero-order valence-electron chi connectivity index (χ0n) is 14.2. The van der Waals surface area contributed by atoms with Crippen molar-refractivity contribution in [2.45, 2.75) is 51.7 Å². The second-order valence-electron chi connectivity index (χ2n) is 6.80. The number of amides is 1. The van der Waals surface area contributed by atoms with Crippen molar-refractivity contribution in [2.75, 3.05) is 13.7 Å². The Kier molecular flexibility index (Phi) is 5.92. The number of halogens is 1. The lowest BCUT2D eigenvalue weighted by molar-refractivity contribution is -0.124. The number of methoxy groups -OCH3 is 1. The Balaban J connectivity index is 2.10. The quantitative estimate of drug-likeness (QED) is 0.758. The number of hydrogen-bond acceptors (Lipinski definition) is 4. The lowest BCUT2D eigenvalue weighted by Gasteiger charge is -2.21. The van der Waals surface area contributed by atoms with Crippen molar-refractivity contribution in [2.24, 2.45) is 0 Å². The van der Waals surface area contributed by atoms with Gasteiger partial charge < -0.3 is 20.1 Å². The highest BCUT2D eigenvalue weighted by molar-refractivity contribution is 9.10. The summed E-state index contributed by atoms with van der Waals surface area (Å²) in [5.41, 5.74) is 0.692. The summed E-state index contributed by atoms with van der Waals surface area (Å²) in [6.45, 7) is 6.46. The summed E-state index contributed by atoms with van der Waals surface area (Å²) in [5.74, 6) is 1.09. The van der Waals surface area contributed by atoms with E-state index in [1.807, 2.05) is 32.9 Å². The molecular formula is C17H25BrN2O3. The minimum atomic E-state index is -0.280. The second kappa shape index (κ2) is 7.53. The highest BCUT2D eigenvalue weighted by Gasteiger charge is 2.23. The summed E-state index contributed by atoms with van der Waals surface area (Å²) in [6.07, 6.45) is 2.43. The molecule has 0 radical (unpaired) electrons. The molecule has 0 aromatic heterocycles. The van der Waals surface area contributed by atoms with Gasteiger partial charge in [-0.25, -0.2) is 0 Å². The molecule has 1 aromatic carbocycles. The zero-order valence-corrected chi connectivity index (χ0v) is 15.7. The fraction of sp³-hybridized carbons (Fsp3) is 0.588. The third-order valence-electron chi connectivity index (χ3n) is 3.39. The van der Waals surface area contributed by atoms with Crippen LogP contribution in [0.1, 0.15) is 39.2 Å². The Morgan fingerprint density at radius 3 is 2.61 bits per heavy atom. The first-order chi connectivity index (χ1) is 10.8. The molecule has 1 fully saturated rings. The monoisotopic (exact) mass is 384 g/mol. The molecule has 1 amide bonds. The van der Waals surface area contributed by atoms with Crippen LogP contribution in [0.15, 0.2) is 16.6 Å². The van der Waals surface area contributed by atoms with Crippen molar-refractivity contribution in [1.29, 1.82) is 0 Å². The molecule has 2 N–H and O–H groups in total. The summed E-state index contributed by atoms with van der Waals surface area (Å²) in [6, 6.07) is 4.36. The first kappa shape index (κ1) is 18.1. The number of ether oxygens (including phenoxy) is 2. The van der Waals surface area contributed by atoms with E-state index in [1.54, 1.807) is 7.11 Å². The Morgan fingerprint density at radius 2 is 2.04 bits per heavy atom. The molecule has 0 saturated heterocycles. The van der Waals surface area contributed by atoms with Crippen LogP contribution in [0.25, 0.3) is 0 Å². The third-order valence-corrected chi connectivity index (χ3v) is 4.14. The molecule has 0 bridgehead atoms. The summed E-state index contributed by atoms with van der Waals surface area (Å²) >= 11 is 3.56. The Morgan fingerprint density at radius 1 is 1.35 bits per heavy atom. The van der Waals surface area contributed by atoms with E-state index in [4.69, 9.17) is 9.47 Å². The molecule has 0 heterocycles. The summed E-state index contributed by atoms with van der Waals surface area (Å²) in [5, 5.41) is 6.35. The van der Waals surface area contributed by atoms with Crippen LogP contribution < -0.4 is 20.1 Å². The van der Waals surface area contributed by atoms with E-state index in [0.717, 1.165) is 10.0 Å². The van der Waals surface area contributed by atoms with Gasteiger partial charge in [0, 0.05) is 28.2 Å². The number of hydrogen-bond donors (Lipinski definition) is 2. The van der Waals surface area contributed by atoms with E-state index in [9.17, 15) is 4.79 Å². The summed E-state index contributed by atoms with van der Waals surface area (Å²) < 4.78 is 12.1. The van der Waals surface area contributed by atoms with Gasteiger partial charge in [-0.05, 0) is 45.7 Å². The van der Waals surface area contributed by atoms with E-state index >= 15 is 0 Å². The molecular weight excluding hydrogens is 360 g/mol. The molecule has 1 aliphatic carbocycles. The SMILES string of the molecule is COc1ccc(Br)c(CNC2CC2)c1OCC(=O)NC(C)(C)C. The lowest BCUT2D eigenvalue weighted by Crippen LogP contribution is -2.43. The largest absolute Gasteiger partial charge is 0.493 e.